The molecule has 0 saturated carbocycles. The molecule has 4 nitrogen and oxygen atoms in total. The minimum absolute atomic E-state index is 0.437. The van der Waals surface area contributed by atoms with Crippen molar-refractivity contribution < 1.29 is 9.90 Å². The zero-order valence-electron chi connectivity index (χ0n) is 19.2. The molecule has 0 aromatic heterocycles. The predicted molar refractivity (Wildman–Crippen MR) is 137 cm³/mol. The second kappa shape index (κ2) is 10.7. The molecule has 3 aromatic carbocycles. The normalized spacial score (nSPS) is 16.4. The molecule has 0 radical (unpaired) electrons. The zero-order chi connectivity index (χ0) is 24.1. The lowest BCUT2D eigenvalue weighted by molar-refractivity contribution is -0.144. The third kappa shape index (κ3) is 5.22. The number of hydrogen-bond donors (Lipinski definition) is 1. The van der Waals surface area contributed by atoms with Gasteiger partial charge in [0.1, 0.15) is 12.1 Å². The maximum absolute atomic E-state index is 11.6. The van der Waals surface area contributed by atoms with Gasteiger partial charge in [0.2, 0.25) is 0 Å². The van der Waals surface area contributed by atoms with Gasteiger partial charge in [0, 0.05) is 17.1 Å². The zero-order valence-corrected chi connectivity index (χ0v) is 19.9. The average Bonchev–Trinajstić information content (AvgIpc) is 2.85. The highest BCUT2D eigenvalue weighted by molar-refractivity contribution is 6.32. The molecule has 0 spiro atoms. The Kier molecular flexibility index (Phi) is 7.47. The van der Waals surface area contributed by atoms with Crippen LogP contribution in [0.15, 0.2) is 60.7 Å². The SMILES string of the molecule is Cc1cc(/C=C/c2cccc(-c3ccccc3)c2C#N)c(Cl)cc1CN1CCCCC1C(=O)O. The molecule has 172 valence electrons. The lowest BCUT2D eigenvalue weighted by Gasteiger charge is -2.33. The lowest BCUT2D eigenvalue weighted by Crippen LogP contribution is -2.44. The van der Waals surface area contributed by atoms with E-state index in [9.17, 15) is 15.2 Å². The number of benzene rings is 3. The minimum atomic E-state index is -0.756. The lowest BCUT2D eigenvalue weighted by atomic mass is 9.95. The summed E-state index contributed by atoms with van der Waals surface area (Å²) in [5.74, 6) is -0.756. The minimum Gasteiger partial charge on any atom is -0.480 e. The summed E-state index contributed by atoms with van der Waals surface area (Å²) < 4.78 is 0. The van der Waals surface area contributed by atoms with E-state index < -0.39 is 12.0 Å². The van der Waals surface area contributed by atoms with Crippen molar-refractivity contribution in [3.63, 3.8) is 0 Å². The average molecular weight is 471 g/mol. The van der Waals surface area contributed by atoms with Gasteiger partial charge in [-0.15, -0.1) is 0 Å². The first-order valence-electron chi connectivity index (χ1n) is 11.5. The Bertz CT molecular complexity index is 1260. The van der Waals surface area contributed by atoms with E-state index >= 15 is 0 Å². The summed E-state index contributed by atoms with van der Waals surface area (Å²) in [5, 5.41) is 20.0. The van der Waals surface area contributed by atoms with Gasteiger partial charge in [-0.1, -0.05) is 84.8 Å². The number of piperidine rings is 1. The van der Waals surface area contributed by atoms with E-state index in [1.807, 2.05) is 84.6 Å². The molecule has 1 atom stereocenters. The van der Waals surface area contributed by atoms with Crippen LogP contribution in [0.3, 0.4) is 0 Å². The third-order valence-corrected chi connectivity index (χ3v) is 6.79. The predicted octanol–water partition coefficient (Wildman–Crippen LogP) is 6.80. The van der Waals surface area contributed by atoms with Gasteiger partial charge in [0.15, 0.2) is 0 Å². The molecule has 1 aliphatic heterocycles. The molecular weight excluding hydrogens is 444 g/mol. The molecular formula is C29H27ClN2O2. The van der Waals surface area contributed by atoms with E-state index in [4.69, 9.17) is 11.6 Å². The number of carboxylic acid groups (broad SMARTS) is 1. The van der Waals surface area contributed by atoms with E-state index in [-0.39, 0.29) is 0 Å². The first kappa shape index (κ1) is 23.8. The van der Waals surface area contributed by atoms with Crippen LogP contribution in [0.1, 0.15) is 47.1 Å². The highest BCUT2D eigenvalue weighted by Gasteiger charge is 2.28. The number of hydrogen-bond acceptors (Lipinski definition) is 3. The second-order valence-corrected chi connectivity index (χ2v) is 9.11. The standard InChI is InChI=1S/C29H27ClN2O2/c1-20-16-23(27(30)17-24(20)19-32-15-6-5-12-28(32)29(33)34)14-13-22-10-7-11-25(26(22)18-31)21-8-3-2-4-9-21/h2-4,7-11,13-14,16-17,28H,5-6,12,15,19H2,1H3,(H,33,34)/b14-13+. The second-order valence-electron chi connectivity index (χ2n) is 8.70. The van der Waals surface area contributed by atoms with Crippen molar-refractivity contribution >= 4 is 29.7 Å². The summed E-state index contributed by atoms with van der Waals surface area (Å²) in [6.07, 6.45) is 6.52. The Hall–Kier alpha value is -3.39. The fourth-order valence-corrected chi connectivity index (χ4v) is 4.84. The van der Waals surface area contributed by atoms with Crippen LogP contribution in [-0.4, -0.2) is 28.6 Å². The number of carboxylic acids is 1. The molecule has 3 aromatic rings. The summed E-state index contributed by atoms with van der Waals surface area (Å²) in [6.45, 7) is 3.38. The molecule has 1 N–H and O–H groups in total. The van der Waals surface area contributed by atoms with Crippen LogP contribution in [0, 0.1) is 18.3 Å². The third-order valence-electron chi connectivity index (χ3n) is 6.46. The molecule has 1 heterocycles. The van der Waals surface area contributed by atoms with Gasteiger partial charge in [-0.05, 0) is 60.2 Å². The van der Waals surface area contributed by atoms with E-state index in [0.29, 0.717) is 23.6 Å². The number of carbonyl (C=O) groups is 1. The molecule has 1 unspecified atom stereocenters. The van der Waals surface area contributed by atoms with Crippen LogP contribution in [0.2, 0.25) is 5.02 Å². The topological polar surface area (TPSA) is 64.3 Å². The van der Waals surface area contributed by atoms with Gasteiger partial charge in [-0.2, -0.15) is 5.26 Å². The first-order chi connectivity index (χ1) is 16.5. The summed E-state index contributed by atoms with van der Waals surface area (Å²) in [7, 11) is 0. The van der Waals surface area contributed by atoms with Gasteiger partial charge < -0.3 is 5.11 Å². The van der Waals surface area contributed by atoms with Crippen LogP contribution in [0.4, 0.5) is 0 Å². The molecule has 0 bridgehead atoms. The van der Waals surface area contributed by atoms with Gasteiger partial charge in [0.25, 0.3) is 0 Å². The van der Waals surface area contributed by atoms with E-state index in [0.717, 1.165) is 52.8 Å². The van der Waals surface area contributed by atoms with Crippen molar-refractivity contribution in [2.75, 3.05) is 6.54 Å². The van der Waals surface area contributed by atoms with Gasteiger partial charge >= 0.3 is 5.97 Å². The summed E-state index contributed by atoms with van der Waals surface area (Å²) in [4.78, 5) is 13.7. The monoisotopic (exact) mass is 470 g/mol. The number of likely N-dealkylation sites (tertiary alicyclic amines) is 1. The van der Waals surface area contributed by atoms with Crippen LogP contribution in [0.25, 0.3) is 23.3 Å². The molecule has 4 rings (SSSR count). The summed E-state index contributed by atoms with van der Waals surface area (Å²) in [6, 6.07) is 21.6. The Morgan fingerprint density at radius 2 is 1.88 bits per heavy atom. The Balaban J connectivity index is 1.60. The maximum Gasteiger partial charge on any atom is 0.320 e. The number of halogens is 1. The Morgan fingerprint density at radius 3 is 2.62 bits per heavy atom. The number of aryl methyl sites for hydroxylation is 1. The number of nitrogens with zero attached hydrogens (tertiary/aromatic N) is 2. The maximum atomic E-state index is 11.6. The highest BCUT2D eigenvalue weighted by atomic mass is 35.5. The van der Waals surface area contributed by atoms with Crippen LogP contribution >= 0.6 is 11.6 Å². The molecule has 1 aliphatic rings. The largest absolute Gasteiger partial charge is 0.480 e. The van der Waals surface area contributed by atoms with Crippen molar-refractivity contribution in [1.29, 1.82) is 5.26 Å². The van der Waals surface area contributed by atoms with Crippen molar-refractivity contribution in [2.45, 2.75) is 38.8 Å². The molecule has 1 fully saturated rings. The number of aliphatic carboxylic acids is 1. The fourth-order valence-electron chi connectivity index (χ4n) is 4.59. The fraction of sp³-hybridized carbons (Fsp3) is 0.241. The van der Waals surface area contributed by atoms with Crippen LogP contribution < -0.4 is 0 Å². The molecule has 1 saturated heterocycles. The summed E-state index contributed by atoms with van der Waals surface area (Å²) >= 11 is 6.63. The smallest absolute Gasteiger partial charge is 0.320 e. The van der Waals surface area contributed by atoms with Crippen molar-refractivity contribution in [3.8, 4) is 17.2 Å². The van der Waals surface area contributed by atoms with E-state index in [1.165, 1.54) is 0 Å². The van der Waals surface area contributed by atoms with Crippen LogP contribution in [0.5, 0.6) is 0 Å². The molecule has 34 heavy (non-hydrogen) atoms. The first-order valence-corrected chi connectivity index (χ1v) is 11.9. The molecule has 0 amide bonds. The Labute approximate surface area is 205 Å². The molecule has 5 heteroatoms. The van der Waals surface area contributed by atoms with Crippen molar-refractivity contribution in [2.24, 2.45) is 0 Å². The van der Waals surface area contributed by atoms with Gasteiger partial charge in [-0.25, -0.2) is 0 Å². The Morgan fingerprint density at radius 1 is 1.12 bits per heavy atom. The molecule has 0 aliphatic carbocycles. The number of nitriles is 1. The van der Waals surface area contributed by atoms with Crippen molar-refractivity contribution in [3.05, 3.63) is 93.5 Å². The summed E-state index contributed by atoms with van der Waals surface area (Å²) in [5.41, 5.74) is 6.34. The van der Waals surface area contributed by atoms with Gasteiger partial charge in [0.05, 0.1) is 5.56 Å². The highest BCUT2D eigenvalue weighted by Crippen LogP contribution is 2.29. The van der Waals surface area contributed by atoms with E-state index in [2.05, 4.69) is 6.07 Å². The van der Waals surface area contributed by atoms with Gasteiger partial charge in [-0.3, -0.25) is 9.69 Å². The van der Waals surface area contributed by atoms with E-state index in [1.54, 1.807) is 0 Å². The number of rotatable bonds is 6. The quantitative estimate of drug-likeness (QED) is 0.402. The van der Waals surface area contributed by atoms with Crippen molar-refractivity contribution in [1.82, 2.24) is 4.90 Å². The van der Waals surface area contributed by atoms with Crippen LogP contribution in [-0.2, 0) is 11.3 Å².